The second-order valence-electron chi connectivity index (χ2n) is 6.72. The van der Waals surface area contributed by atoms with Gasteiger partial charge in [-0.15, -0.1) is 0 Å². The van der Waals surface area contributed by atoms with E-state index in [2.05, 4.69) is 5.32 Å². The minimum Gasteiger partial charge on any atom is -0.476 e. The van der Waals surface area contributed by atoms with Crippen molar-refractivity contribution in [3.05, 3.63) is 90.0 Å². The molecule has 0 spiro atoms. The lowest BCUT2D eigenvalue weighted by Gasteiger charge is -2.20. The fraction of sp³-hybridized carbons (Fsp3) is 0.136. The summed E-state index contributed by atoms with van der Waals surface area (Å²) in [6.45, 7) is 0. The molecular formula is C22H18F3NO4S. The number of sulfone groups is 1. The molecule has 1 amide bonds. The molecule has 5 nitrogen and oxygen atoms in total. The van der Waals surface area contributed by atoms with E-state index in [1.165, 1.54) is 36.4 Å². The van der Waals surface area contributed by atoms with Crippen molar-refractivity contribution in [3.63, 3.8) is 0 Å². The summed E-state index contributed by atoms with van der Waals surface area (Å²) in [4.78, 5) is 13.0. The summed E-state index contributed by atoms with van der Waals surface area (Å²) < 4.78 is 67.9. The van der Waals surface area contributed by atoms with E-state index in [1.807, 2.05) is 0 Å². The van der Waals surface area contributed by atoms with Gasteiger partial charge in [0.05, 0.1) is 10.5 Å². The summed E-state index contributed by atoms with van der Waals surface area (Å²) in [5.41, 5.74) is -0.449. The lowest BCUT2D eigenvalue weighted by molar-refractivity contribution is -0.137. The second kappa shape index (κ2) is 8.81. The molecule has 0 saturated carbocycles. The van der Waals surface area contributed by atoms with Gasteiger partial charge in [-0.3, -0.25) is 4.79 Å². The molecule has 0 saturated heterocycles. The summed E-state index contributed by atoms with van der Waals surface area (Å²) in [7, 11) is -3.40. The zero-order valence-electron chi connectivity index (χ0n) is 16.3. The fourth-order valence-corrected chi connectivity index (χ4v) is 3.41. The number of hydrogen-bond acceptors (Lipinski definition) is 4. The average molecular weight is 449 g/mol. The molecule has 1 atom stereocenters. The van der Waals surface area contributed by atoms with Gasteiger partial charge in [-0.2, -0.15) is 13.2 Å². The number of carbonyl (C=O) groups is 1. The molecular weight excluding hydrogens is 431 g/mol. The Labute approximate surface area is 177 Å². The van der Waals surface area contributed by atoms with E-state index in [0.29, 0.717) is 5.56 Å². The maximum Gasteiger partial charge on any atom is 0.416 e. The standard InChI is InChI=1S/C22H18F3NO4S/c1-31(28,29)19-12-10-18(11-13-19)30-20(15-6-3-2-4-7-15)21(27)26-17-9-5-8-16(14-17)22(23,24)25/h2-14,20H,1H3,(H,26,27). The third-order valence-electron chi connectivity index (χ3n) is 4.30. The van der Waals surface area contributed by atoms with Crippen LogP contribution in [0.1, 0.15) is 17.2 Å². The zero-order valence-corrected chi connectivity index (χ0v) is 17.1. The first-order valence-electron chi connectivity index (χ1n) is 9.04. The van der Waals surface area contributed by atoms with Crippen molar-refractivity contribution in [2.45, 2.75) is 17.2 Å². The highest BCUT2D eigenvalue weighted by Crippen LogP contribution is 2.31. The number of anilines is 1. The van der Waals surface area contributed by atoms with E-state index in [1.54, 1.807) is 30.3 Å². The maximum absolute atomic E-state index is 13.0. The number of carbonyl (C=O) groups excluding carboxylic acids is 1. The lowest BCUT2D eigenvalue weighted by atomic mass is 10.1. The summed E-state index contributed by atoms with van der Waals surface area (Å²) in [5.74, 6) is -0.460. The van der Waals surface area contributed by atoms with Crippen LogP contribution in [-0.4, -0.2) is 20.6 Å². The van der Waals surface area contributed by atoms with Gasteiger partial charge in [-0.1, -0.05) is 36.4 Å². The van der Waals surface area contributed by atoms with Crippen LogP contribution in [0.15, 0.2) is 83.8 Å². The first kappa shape index (κ1) is 22.4. The number of nitrogens with one attached hydrogen (secondary N) is 1. The van der Waals surface area contributed by atoms with Crippen molar-refractivity contribution in [2.75, 3.05) is 11.6 Å². The Morgan fingerprint density at radius 1 is 0.935 bits per heavy atom. The van der Waals surface area contributed by atoms with Crippen LogP contribution in [0, 0.1) is 0 Å². The molecule has 31 heavy (non-hydrogen) atoms. The predicted octanol–water partition coefficient (Wildman–Crippen LogP) is 4.87. The first-order chi connectivity index (χ1) is 14.5. The van der Waals surface area contributed by atoms with Crippen LogP contribution >= 0.6 is 0 Å². The molecule has 3 rings (SSSR count). The topological polar surface area (TPSA) is 72.5 Å². The van der Waals surface area contributed by atoms with E-state index >= 15 is 0 Å². The number of hydrogen-bond donors (Lipinski definition) is 1. The number of alkyl halides is 3. The lowest BCUT2D eigenvalue weighted by Crippen LogP contribution is -2.26. The van der Waals surface area contributed by atoms with Crippen LogP contribution in [-0.2, 0) is 20.8 Å². The highest BCUT2D eigenvalue weighted by molar-refractivity contribution is 7.90. The van der Waals surface area contributed by atoms with Crippen molar-refractivity contribution < 1.29 is 31.1 Å². The minimum atomic E-state index is -4.54. The van der Waals surface area contributed by atoms with E-state index in [4.69, 9.17) is 4.74 Å². The number of rotatable bonds is 6. The molecule has 0 aliphatic rings. The van der Waals surface area contributed by atoms with E-state index in [0.717, 1.165) is 18.4 Å². The molecule has 3 aromatic carbocycles. The molecule has 0 bridgehead atoms. The highest BCUT2D eigenvalue weighted by Gasteiger charge is 2.31. The average Bonchev–Trinajstić information content (AvgIpc) is 2.72. The van der Waals surface area contributed by atoms with Crippen molar-refractivity contribution in [2.24, 2.45) is 0 Å². The largest absolute Gasteiger partial charge is 0.476 e. The van der Waals surface area contributed by atoms with E-state index in [9.17, 15) is 26.4 Å². The van der Waals surface area contributed by atoms with Gasteiger partial charge in [0.2, 0.25) is 6.10 Å². The van der Waals surface area contributed by atoms with Crippen LogP contribution in [0.3, 0.4) is 0 Å². The van der Waals surface area contributed by atoms with Gasteiger partial charge in [0.15, 0.2) is 9.84 Å². The molecule has 9 heteroatoms. The number of amides is 1. The van der Waals surface area contributed by atoms with Crippen LogP contribution in [0.4, 0.5) is 18.9 Å². The Kier molecular flexibility index (Phi) is 6.35. The molecule has 0 fully saturated rings. The maximum atomic E-state index is 13.0. The van der Waals surface area contributed by atoms with Gasteiger partial charge < -0.3 is 10.1 Å². The quantitative estimate of drug-likeness (QED) is 0.583. The van der Waals surface area contributed by atoms with Crippen LogP contribution < -0.4 is 10.1 Å². The van der Waals surface area contributed by atoms with Crippen LogP contribution in [0.5, 0.6) is 5.75 Å². The zero-order chi connectivity index (χ0) is 22.6. The van der Waals surface area contributed by atoms with Gasteiger partial charge in [0.1, 0.15) is 5.75 Å². The van der Waals surface area contributed by atoms with Gasteiger partial charge in [-0.05, 0) is 42.5 Å². The van der Waals surface area contributed by atoms with Gasteiger partial charge in [0, 0.05) is 17.5 Å². The monoisotopic (exact) mass is 449 g/mol. The summed E-state index contributed by atoms with van der Waals surface area (Å²) >= 11 is 0. The predicted molar refractivity (Wildman–Crippen MR) is 109 cm³/mol. The van der Waals surface area contributed by atoms with Crippen LogP contribution in [0.25, 0.3) is 0 Å². The first-order valence-corrected chi connectivity index (χ1v) is 10.9. The highest BCUT2D eigenvalue weighted by atomic mass is 32.2. The van der Waals surface area contributed by atoms with E-state index in [-0.39, 0.29) is 16.3 Å². The Hall–Kier alpha value is -3.33. The second-order valence-corrected chi connectivity index (χ2v) is 8.74. The Morgan fingerprint density at radius 2 is 1.58 bits per heavy atom. The Balaban J connectivity index is 1.87. The van der Waals surface area contributed by atoms with Crippen molar-refractivity contribution >= 4 is 21.4 Å². The normalized spacial score (nSPS) is 12.8. The van der Waals surface area contributed by atoms with Gasteiger partial charge in [0.25, 0.3) is 5.91 Å². The molecule has 3 aromatic rings. The van der Waals surface area contributed by atoms with Crippen molar-refractivity contribution in [3.8, 4) is 5.75 Å². The molecule has 0 aliphatic carbocycles. The van der Waals surface area contributed by atoms with E-state index < -0.39 is 33.6 Å². The SMILES string of the molecule is CS(=O)(=O)c1ccc(OC(C(=O)Nc2cccc(C(F)(F)F)c2)c2ccccc2)cc1. The summed E-state index contributed by atoms with van der Waals surface area (Å²) in [6.07, 6.45) is -4.66. The molecule has 162 valence electrons. The third-order valence-corrected chi connectivity index (χ3v) is 5.43. The smallest absolute Gasteiger partial charge is 0.416 e. The Morgan fingerprint density at radius 3 is 2.16 bits per heavy atom. The molecule has 1 N–H and O–H groups in total. The summed E-state index contributed by atoms with van der Waals surface area (Å²) in [6, 6.07) is 18.2. The molecule has 0 radical (unpaired) electrons. The van der Waals surface area contributed by atoms with Gasteiger partial charge in [-0.25, -0.2) is 8.42 Å². The van der Waals surface area contributed by atoms with Gasteiger partial charge >= 0.3 is 6.18 Å². The Bertz CT molecular complexity index is 1160. The third kappa shape index (κ3) is 5.85. The van der Waals surface area contributed by atoms with Crippen LogP contribution in [0.2, 0.25) is 0 Å². The molecule has 0 aromatic heterocycles. The van der Waals surface area contributed by atoms with Crippen molar-refractivity contribution in [1.29, 1.82) is 0 Å². The molecule has 0 heterocycles. The minimum absolute atomic E-state index is 0.0308. The molecule has 1 unspecified atom stereocenters. The summed E-state index contributed by atoms with van der Waals surface area (Å²) in [5, 5.41) is 2.45. The fourth-order valence-electron chi connectivity index (χ4n) is 2.78. The number of halogens is 3. The number of ether oxygens (including phenoxy) is 1. The molecule has 0 aliphatic heterocycles. The van der Waals surface area contributed by atoms with Crippen molar-refractivity contribution in [1.82, 2.24) is 0 Å². The number of benzene rings is 3.